The molecule has 3 aromatic rings. The molecule has 1 atom stereocenters. The highest BCUT2D eigenvalue weighted by Gasteiger charge is 2.29. The van der Waals surface area contributed by atoms with Crippen LogP contribution < -0.4 is 20.3 Å². The van der Waals surface area contributed by atoms with Gasteiger partial charge in [-0.1, -0.05) is 13.8 Å². The minimum atomic E-state index is -1.10. The maximum atomic E-state index is 13.0. The molecular weight excluding hydrogens is 398 g/mol. The van der Waals surface area contributed by atoms with Crippen molar-refractivity contribution in [2.45, 2.75) is 39.7 Å². The SMILES string of the molecule is COc1cc2c3ccnc(C)c3c(=O)n(C)c2cc1OCC(C)(CC(C)C)NC(=O)O. The van der Waals surface area contributed by atoms with Gasteiger partial charge in [0.1, 0.15) is 6.61 Å². The van der Waals surface area contributed by atoms with Gasteiger partial charge in [-0.3, -0.25) is 9.78 Å². The zero-order valence-electron chi connectivity index (χ0n) is 18.8. The molecule has 0 radical (unpaired) electrons. The van der Waals surface area contributed by atoms with E-state index >= 15 is 0 Å². The molecule has 0 spiro atoms. The van der Waals surface area contributed by atoms with Gasteiger partial charge >= 0.3 is 6.09 Å². The van der Waals surface area contributed by atoms with E-state index < -0.39 is 11.6 Å². The largest absolute Gasteiger partial charge is 0.493 e. The van der Waals surface area contributed by atoms with Gasteiger partial charge < -0.3 is 24.5 Å². The molecule has 8 heteroatoms. The highest BCUT2D eigenvalue weighted by atomic mass is 16.5. The molecule has 0 bridgehead atoms. The number of nitrogens with zero attached hydrogens (tertiary/aromatic N) is 2. The second kappa shape index (κ2) is 8.45. The van der Waals surface area contributed by atoms with Crippen molar-refractivity contribution in [2.24, 2.45) is 13.0 Å². The Morgan fingerprint density at radius 2 is 2.00 bits per heavy atom. The molecular formula is C23H29N3O5. The lowest BCUT2D eigenvalue weighted by Crippen LogP contribution is -2.50. The predicted molar refractivity (Wildman–Crippen MR) is 120 cm³/mol. The molecule has 31 heavy (non-hydrogen) atoms. The minimum Gasteiger partial charge on any atom is -0.493 e. The van der Waals surface area contributed by atoms with Gasteiger partial charge in [-0.05, 0) is 38.3 Å². The van der Waals surface area contributed by atoms with E-state index in [1.54, 1.807) is 31.0 Å². The highest BCUT2D eigenvalue weighted by Crippen LogP contribution is 2.35. The molecule has 0 aliphatic rings. The molecule has 1 aromatic carbocycles. The third-order valence-corrected chi connectivity index (χ3v) is 5.41. The van der Waals surface area contributed by atoms with Crippen molar-refractivity contribution in [3.63, 3.8) is 0 Å². The number of ether oxygens (including phenoxy) is 2. The lowest BCUT2D eigenvalue weighted by Gasteiger charge is -2.31. The maximum Gasteiger partial charge on any atom is 0.405 e. The van der Waals surface area contributed by atoms with Crippen LogP contribution in [-0.2, 0) is 7.05 Å². The second-order valence-electron chi connectivity index (χ2n) is 8.58. The van der Waals surface area contributed by atoms with Crippen molar-refractivity contribution >= 4 is 27.8 Å². The van der Waals surface area contributed by atoms with E-state index in [9.17, 15) is 14.7 Å². The van der Waals surface area contributed by atoms with E-state index in [4.69, 9.17) is 9.47 Å². The molecule has 166 valence electrons. The molecule has 0 saturated carbocycles. The number of pyridine rings is 2. The lowest BCUT2D eigenvalue weighted by atomic mass is 9.91. The third kappa shape index (κ3) is 4.42. The van der Waals surface area contributed by atoms with Crippen LogP contribution in [0.2, 0.25) is 0 Å². The maximum absolute atomic E-state index is 13.0. The lowest BCUT2D eigenvalue weighted by molar-refractivity contribution is 0.141. The Balaban J connectivity index is 2.11. The number of rotatable bonds is 7. The van der Waals surface area contributed by atoms with Gasteiger partial charge in [-0.15, -0.1) is 0 Å². The zero-order valence-corrected chi connectivity index (χ0v) is 18.8. The minimum absolute atomic E-state index is 0.115. The van der Waals surface area contributed by atoms with Crippen molar-refractivity contribution in [3.8, 4) is 11.5 Å². The smallest absolute Gasteiger partial charge is 0.405 e. The van der Waals surface area contributed by atoms with Crippen LogP contribution in [0.15, 0.2) is 29.2 Å². The van der Waals surface area contributed by atoms with E-state index in [0.29, 0.717) is 34.5 Å². The van der Waals surface area contributed by atoms with Gasteiger partial charge in [0.2, 0.25) is 0 Å². The van der Waals surface area contributed by atoms with E-state index in [2.05, 4.69) is 10.3 Å². The van der Waals surface area contributed by atoms with Gasteiger partial charge in [0.25, 0.3) is 5.56 Å². The van der Waals surface area contributed by atoms with Crippen molar-refractivity contribution in [2.75, 3.05) is 13.7 Å². The predicted octanol–water partition coefficient (Wildman–Crippen LogP) is 3.85. The van der Waals surface area contributed by atoms with Gasteiger partial charge in [0.05, 0.1) is 29.2 Å². The van der Waals surface area contributed by atoms with E-state index in [1.807, 2.05) is 39.8 Å². The van der Waals surface area contributed by atoms with Crippen molar-refractivity contribution in [3.05, 3.63) is 40.4 Å². The first-order chi connectivity index (χ1) is 14.6. The zero-order chi connectivity index (χ0) is 22.9. The Bertz CT molecular complexity index is 1200. The fourth-order valence-electron chi connectivity index (χ4n) is 4.19. The monoisotopic (exact) mass is 427 g/mol. The Labute approximate surface area is 180 Å². The van der Waals surface area contributed by atoms with Crippen molar-refractivity contribution in [1.29, 1.82) is 0 Å². The molecule has 0 fully saturated rings. The molecule has 1 unspecified atom stereocenters. The topological polar surface area (TPSA) is 103 Å². The Hall–Kier alpha value is -3.29. The van der Waals surface area contributed by atoms with Crippen LogP contribution in [0.1, 0.15) is 32.9 Å². The van der Waals surface area contributed by atoms with E-state index in [-0.39, 0.29) is 18.1 Å². The summed E-state index contributed by atoms with van der Waals surface area (Å²) in [5.74, 6) is 1.21. The molecule has 0 saturated heterocycles. The Morgan fingerprint density at radius 3 is 2.61 bits per heavy atom. The van der Waals surface area contributed by atoms with Crippen LogP contribution in [0.3, 0.4) is 0 Å². The van der Waals surface area contributed by atoms with Crippen LogP contribution in [0.5, 0.6) is 11.5 Å². The van der Waals surface area contributed by atoms with Crippen LogP contribution in [0.4, 0.5) is 4.79 Å². The number of carbonyl (C=O) groups is 1. The summed E-state index contributed by atoms with van der Waals surface area (Å²) in [7, 11) is 3.26. The summed E-state index contributed by atoms with van der Waals surface area (Å²) in [4.78, 5) is 28.5. The number of carboxylic acid groups (broad SMARTS) is 1. The number of aromatic nitrogens is 2. The Kier molecular flexibility index (Phi) is 6.10. The van der Waals surface area contributed by atoms with Crippen LogP contribution in [0.25, 0.3) is 21.7 Å². The van der Waals surface area contributed by atoms with Crippen LogP contribution >= 0.6 is 0 Å². The molecule has 8 nitrogen and oxygen atoms in total. The van der Waals surface area contributed by atoms with Crippen LogP contribution in [0, 0.1) is 12.8 Å². The molecule has 2 N–H and O–H groups in total. The number of hydrogen-bond acceptors (Lipinski definition) is 5. The summed E-state index contributed by atoms with van der Waals surface area (Å²) in [5, 5.41) is 14.0. The summed E-state index contributed by atoms with van der Waals surface area (Å²) in [5.41, 5.74) is 0.443. The van der Waals surface area contributed by atoms with Crippen molar-refractivity contribution < 1.29 is 19.4 Å². The first-order valence-electron chi connectivity index (χ1n) is 10.2. The van der Waals surface area contributed by atoms with Gasteiger partial charge in [0.15, 0.2) is 11.5 Å². The number of nitrogens with one attached hydrogen (secondary N) is 1. The molecule has 2 heterocycles. The first-order valence-corrected chi connectivity index (χ1v) is 10.2. The fraction of sp³-hybridized carbons (Fsp3) is 0.435. The number of aryl methyl sites for hydroxylation is 2. The summed E-state index contributed by atoms with van der Waals surface area (Å²) < 4.78 is 13.2. The van der Waals surface area contributed by atoms with Crippen molar-refractivity contribution in [1.82, 2.24) is 14.9 Å². The normalized spacial score (nSPS) is 13.4. The number of amides is 1. The average Bonchev–Trinajstić information content (AvgIpc) is 2.68. The van der Waals surface area contributed by atoms with Crippen LogP contribution in [-0.4, -0.2) is 40.0 Å². The molecule has 0 aliphatic heterocycles. The van der Waals surface area contributed by atoms with Gasteiger partial charge in [-0.2, -0.15) is 0 Å². The fourth-order valence-corrected chi connectivity index (χ4v) is 4.19. The van der Waals surface area contributed by atoms with Gasteiger partial charge in [0, 0.05) is 30.1 Å². The highest BCUT2D eigenvalue weighted by molar-refractivity contribution is 6.07. The summed E-state index contributed by atoms with van der Waals surface area (Å²) >= 11 is 0. The Morgan fingerprint density at radius 1 is 1.29 bits per heavy atom. The number of hydrogen-bond donors (Lipinski definition) is 2. The molecule has 2 aromatic heterocycles. The summed E-state index contributed by atoms with van der Waals surface area (Å²) in [6, 6.07) is 5.43. The van der Waals surface area contributed by atoms with E-state index in [0.717, 1.165) is 10.8 Å². The van der Waals surface area contributed by atoms with E-state index in [1.165, 1.54) is 0 Å². The number of benzene rings is 1. The molecule has 1 amide bonds. The summed E-state index contributed by atoms with van der Waals surface area (Å²) in [6.45, 7) is 7.79. The quantitative estimate of drug-likeness (QED) is 0.555. The number of fused-ring (bicyclic) bond motifs is 3. The second-order valence-corrected chi connectivity index (χ2v) is 8.58. The third-order valence-electron chi connectivity index (χ3n) is 5.41. The van der Waals surface area contributed by atoms with Gasteiger partial charge in [-0.25, -0.2) is 4.79 Å². The average molecular weight is 428 g/mol. The molecule has 3 rings (SSSR count). The first kappa shape index (κ1) is 22.4. The molecule has 0 aliphatic carbocycles. The number of methoxy groups -OCH3 is 1. The summed E-state index contributed by atoms with van der Waals surface area (Å²) in [6.07, 6.45) is 1.18. The standard InChI is InChI=1S/C23H29N3O5/c1-13(2)11-23(4,25-22(28)29)12-31-19-10-17-16(9-18(19)30-6)15-7-8-24-14(3)20(15)21(27)26(17)5/h7-10,13,25H,11-12H2,1-6H3,(H,28,29).